The average Bonchev–Trinajstić information content (AvgIpc) is 2.86. The zero-order valence-corrected chi connectivity index (χ0v) is 13.9. The number of benzene rings is 1. The molecule has 0 bridgehead atoms. The van der Waals surface area contributed by atoms with Gasteiger partial charge in [0, 0.05) is 27.3 Å². The summed E-state index contributed by atoms with van der Waals surface area (Å²) in [5.41, 5.74) is 0.903. The number of rotatable bonds is 4. The normalized spacial score (nSPS) is 10.1. The van der Waals surface area contributed by atoms with E-state index in [4.69, 9.17) is 44.6 Å². The van der Waals surface area contributed by atoms with E-state index in [1.807, 2.05) is 11.4 Å². The first kappa shape index (κ1) is 16.5. The van der Waals surface area contributed by atoms with Gasteiger partial charge in [0.25, 0.3) is 0 Å². The van der Waals surface area contributed by atoms with Crippen LogP contribution in [0.3, 0.4) is 0 Å². The van der Waals surface area contributed by atoms with E-state index < -0.39 is 0 Å². The molecular formula is C15H11Cl3O2S. The molecule has 0 saturated heterocycles. The molecule has 1 aromatic heterocycles. The van der Waals surface area contributed by atoms with E-state index in [0.29, 0.717) is 33.8 Å². The summed E-state index contributed by atoms with van der Waals surface area (Å²) in [5, 5.41) is 11.8. The van der Waals surface area contributed by atoms with Crippen LogP contribution in [0.1, 0.15) is 16.9 Å². The van der Waals surface area contributed by atoms with Gasteiger partial charge in [0.1, 0.15) is 6.61 Å². The Hall–Kier alpha value is -0.890. The molecule has 0 radical (unpaired) electrons. The number of hydrogen-bond donors (Lipinski definition) is 1. The zero-order valence-electron chi connectivity index (χ0n) is 10.8. The standard InChI is InChI=1S/C15H11Cl3O2S/c16-11-6-13(17)15(14(18)7-11)20-8-12-5-10(9-21-12)3-1-2-4-19/h5-7,9,19H,2,4,8H2. The molecule has 6 heteroatoms. The van der Waals surface area contributed by atoms with Gasteiger partial charge in [0.2, 0.25) is 0 Å². The molecule has 0 aliphatic rings. The van der Waals surface area contributed by atoms with Crippen LogP contribution in [0.2, 0.25) is 15.1 Å². The number of aliphatic hydroxyl groups is 1. The van der Waals surface area contributed by atoms with E-state index in [2.05, 4.69) is 11.8 Å². The highest BCUT2D eigenvalue weighted by atomic mass is 35.5. The second-order valence-electron chi connectivity index (χ2n) is 4.06. The maximum atomic E-state index is 8.68. The van der Waals surface area contributed by atoms with Crippen molar-refractivity contribution >= 4 is 46.1 Å². The summed E-state index contributed by atoms with van der Waals surface area (Å²) in [4.78, 5) is 1.00. The Labute approximate surface area is 142 Å². The highest BCUT2D eigenvalue weighted by Gasteiger charge is 2.10. The Kier molecular flexibility index (Phi) is 6.22. The van der Waals surface area contributed by atoms with E-state index in [-0.39, 0.29) is 6.61 Å². The van der Waals surface area contributed by atoms with Crippen molar-refractivity contribution in [3.8, 4) is 17.6 Å². The monoisotopic (exact) mass is 360 g/mol. The van der Waals surface area contributed by atoms with E-state index in [1.165, 1.54) is 11.3 Å². The summed E-state index contributed by atoms with van der Waals surface area (Å²) in [5.74, 6) is 6.26. The Morgan fingerprint density at radius 1 is 1.14 bits per heavy atom. The maximum Gasteiger partial charge on any atom is 0.157 e. The zero-order chi connectivity index (χ0) is 15.2. The first-order valence-electron chi connectivity index (χ1n) is 6.04. The van der Waals surface area contributed by atoms with Gasteiger partial charge in [0.05, 0.1) is 16.7 Å². The molecule has 1 heterocycles. The van der Waals surface area contributed by atoms with E-state index in [9.17, 15) is 0 Å². The fourth-order valence-electron chi connectivity index (χ4n) is 1.55. The lowest BCUT2D eigenvalue weighted by molar-refractivity contribution is 0.305. The van der Waals surface area contributed by atoms with Crippen LogP contribution in [0, 0.1) is 11.8 Å². The molecule has 0 aliphatic carbocycles. The van der Waals surface area contributed by atoms with Gasteiger partial charge in [-0.15, -0.1) is 11.3 Å². The van der Waals surface area contributed by atoms with Crippen molar-refractivity contribution in [1.29, 1.82) is 0 Å². The molecule has 2 aromatic rings. The van der Waals surface area contributed by atoms with Crippen LogP contribution >= 0.6 is 46.1 Å². The molecule has 0 amide bonds. The Balaban J connectivity index is 2.03. The van der Waals surface area contributed by atoms with Crippen LogP contribution in [0.5, 0.6) is 5.75 Å². The first-order valence-corrected chi connectivity index (χ1v) is 8.06. The third-order valence-electron chi connectivity index (χ3n) is 2.45. The summed E-state index contributed by atoms with van der Waals surface area (Å²) in [6.07, 6.45) is 0.470. The Morgan fingerprint density at radius 2 is 1.86 bits per heavy atom. The molecule has 110 valence electrons. The van der Waals surface area contributed by atoms with E-state index in [1.54, 1.807) is 12.1 Å². The second-order valence-corrected chi connectivity index (χ2v) is 6.31. The minimum Gasteiger partial charge on any atom is -0.485 e. The molecule has 2 nitrogen and oxygen atoms in total. The molecule has 0 unspecified atom stereocenters. The molecule has 0 fully saturated rings. The highest BCUT2D eigenvalue weighted by Crippen LogP contribution is 2.36. The number of ether oxygens (including phenoxy) is 1. The van der Waals surface area contributed by atoms with Crippen LogP contribution in [-0.4, -0.2) is 11.7 Å². The van der Waals surface area contributed by atoms with Gasteiger partial charge in [-0.1, -0.05) is 46.6 Å². The molecule has 0 saturated carbocycles. The second kappa shape index (κ2) is 7.93. The van der Waals surface area contributed by atoms with Crippen LogP contribution < -0.4 is 4.74 Å². The minimum absolute atomic E-state index is 0.0701. The number of halogens is 3. The van der Waals surface area contributed by atoms with Gasteiger partial charge in [-0.25, -0.2) is 0 Å². The van der Waals surface area contributed by atoms with Crippen molar-refractivity contribution in [2.45, 2.75) is 13.0 Å². The van der Waals surface area contributed by atoms with E-state index in [0.717, 1.165) is 10.4 Å². The third kappa shape index (κ3) is 4.81. The SMILES string of the molecule is OCCC#Cc1csc(COc2c(Cl)cc(Cl)cc2Cl)c1. The molecule has 0 spiro atoms. The lowest BCUT2D eigenvalue weighted by atomic mass is 10.3. The van der Waals surface area contributed by atoms with Crippen molar-refractivity contribution < 1.29 is 9.84 Å². The molecule has 1 N–H and O–H groups in total. The summed E-state index contributed by atoms with van der Waals surface area (Å²) >= 11 is 19.5. The maximum absolute atomic E-state index is 8.68. The van der Waals surface area contributed by atoms with Gasteiger partial charge >= 0.3 is 0 Å². The summed E-state index contributed by atoms with van der Waals surface area (Å²) in [6.45, 7) is 0.425. The fraction of sp³-hybridized carbons (Fsp3) is 0.200. The first-order chi connectivity index (χ1) is 10.1. The van der Waals surface area contributed by atoms with Crippen molar-refractivity contribution in [3.63, 3.8) is 0 Å². The lowest BCUT2D eigenvalue weighted by Gasteiger charge is -2.09. The molecule has 0 aliphatic heterocycles. The predicted molar refractivity (Wildman–Crippen MR) is 88.7 cm³/mol. The van der Waals surface area contributed by atoms with Crippen LogP contribution in [0.4, 0.5) is 0 Å². The molecule has 1 aromatic carbocycles. The third-order valence-corrected chi connectivity index (χ3v) is 4.14. The Bertz CT molecular complexity index is 663. The quantitative estimate of drug-likeness (QED) is 0.775. The van der Waals surface area contributed by atoms with Crippen LogP contribution in [0.25, 0.3) is 0 Å². The minimum atomic E-state index is 0.0701. The largest absolute Gasteiger partial charge is 0.485 e. The van der Waals surface area contributed by atoms with Gasteiger partial charge in [-0.2, -0.15) is 0 Å². The van der Waals surface area contributed by atoms with Gasteiger partial charge in [0.15, 0.2) is 5.75 Å². The number of aliphatic hydroxyl groups excluding tert-OH is 1. The molecule has 0 atom stereocenters. The summed E-state index contributed by atoms with van der Waals surface area (Å²) < 4.78 is 5.65. The average molecular weight is 362 g/mol. The van der Waals surface area contributed by atoms with Crippen LogP contribution in [0.15, 0.2) is 23.6 Å². The van der Waals surface area contributed by atoms with E-state index >= 15 is 0 Å². The topological polar surface area (TPSA) is 29.5 Å². The van der Waals surface area contributed by atoms with Crippen molar-refractivity contribution in [3.05, 3.63) is 49.1 Å². The summed E-state index contributed by atoms with van der Waals surface area (Å²) in [6, 6.07) is 5.11. The number of thiophene rings is 1. The van der Waals surface area contributed by atoms with Crippen molar-refractivity contribution in [2.24, 2.45) is 0 Å². The van der Waals surface area contributed by atoms with Gasteiger partial charge in [-0.05, 0) is 18.2 Å². The lowest BCUT2D eigenvalue weighted by Crippen LogP contribution is -1.94. The number of hydrogen-bond acceptors (Lipinski definition) is 3. The molecule has 2 rings (SSSR count). The smallest absolute Gasteiger partial charge is 0.157 e. The molecule has 21 heavy (non-hydrogen) atoms. The highest BCUT2D eigenvalue weighted by molar-refractivity contribution is 7.10. The predicted octanol–water partition coefficient (Wildman–Crippen LogP) is 5.02. The Morgan fingerprint density at radius 3 is 2.52 bits per heavy atom. The summed E-state index contributed by atoms with van der Waals surface area (Å²) in [7, 11) is 0. The fourth-order valence-corrected chi connectivity index (χ4v) is 3.21. The van der Waals surface area contributed by atoms with Crippen molar-refractivity contribution in [1.82, 2.24) is 0 Å². The van der Waals surface area contributed by atoms with Crippen molar-refractivity contribution in [2.75, 3.05) is 6.61 Å². The van der Waals surface area contributed by atoms with Crippen LogP contribution in [-0.2, 0) is 6.61 Å². The van der Waals surface area contributed by atoms with Gasteiger partial charge in [-0.3, -0.25) is 0 Å². The van der Waals surface area contributed by atoms with Gasteiger partial charge < -0.3 is 9.84 Å². The molecular weight excluding hydrogens is 351 g/mol.